The topological polar surface area (TPSA) is 67.4 Å². The van der Waals surface area contributed by atoms with Crippen LogP contribution in [0.5, 0.6) is 5.75 Å². The van der Waals surface area contributed by atoms with Gasteiger partial charge < -0.3 is 10.1 Å². The van der Waals surface area contributed by atoms with Gasteiger partial charge in [0.05, 0.1) is 0 Å². The summed E-state index contributed by atoms with van der Waals surface area (Å²) in [5.74, 6) is -2.83. The number of urea groups is 1. The summed E-state index contributed by atoms with van der Waals surface area (Å²) in [5, 5.41) is 4.63. The number of hydrogen-bond donors (Lipinski definition) is 2. The summed E-state index contributed by atoms with van der Waals surface area (Å²) in [6.07, 6.45) is 0. The van der Waals surface area contributed by atoms with Gasteiger partial charge in [-0.15, -0.1) is 0 Å². The van der Waals surface area contributed by atoms with Crippen LogP contribution in [0.4, 0.5) is 19.3 Å². The molecule has 0 aromatic heterocycles. The molecule has 24 heavy (non-hydrogen) atoms. The minimum atomic E-state index is -1.08. The molecule has 0 aliphatic rings. The number of aryl methyl sites for hydroxylation is 2. The second-order valence-corrected chi connectivity index (χ2v) is 5.19. The van der Waals surface area contributed by atoms with Crippen molar-refractivity contribution in [2.45, 2.75) is 13.8 Å². The quantitative estimate of drug-likeness (QED) is 0.901. The molecule has 0 spiro atoms. The number of carbonyl (C=O) groups excluding carboxylic acids is 2. The highest BCUT2D eigenvalue weighted by Crippen LogP contribution is 2.16. The highest BCUT2D eigenvalue weighted by Gasteiger charge is 2.11. The maximum atomic E-state index is 13.0. The zero-order valence-corrected chi connectivity index (χ0v) is 13.2. The number of amides is 3. The van der Waals surface area contributed by atoms with E-state index in [-0.39, 0.29) is 5.75 Å². The van der Waals surface area contributed by atoms with Gasteiger partial charge >= 0.3 is 6.03 Å². The molecule has 0 fully saturated rings. The summed E-state index contributed by atoms with van der Waals surface area (Å²) in [4.78, 5) is 23.4. The Labute approximate surface area is 137 Å². The third-order valence-electron chi connectivity index (χ3n) is 3.14. The zero-order valence-electron chi connectivity index (χ0n) is 13.2. The molecule has 0 heterocycles. The van der Waals surface area contributed by atoms with Gasteiger partial charge in [-0.25, -0.2) is 13.6 Å². The van der Waals surface area contributed by atoms with E-state index in [0.717, 1.165) is 23.3 Å². The lowest BCUT2D eigenvalue weighted by Crippen LogP contribution is -2.37. The van der Waals surface area contributed by atoms with Gasteiger partial charge in [0.1, 0.15) is 5.75 Å². The van der Waals surface area contributed by atoms with Crippen LogP contribution in [0.15, 0.2) is 36.4 Å². The molecule has 5 nitrogen and oxygen atoms in total. The number of carbonyl (C=O) groups is 2. The van der Waals surface area contributed by atoms with Crippen LogP contribution < -0.4 is 15.4 Å². The third kappa shape index (κ3) is 4.77. The van der Waals surface area contributed by atoms with E-state index in [1.54, 1.807) is 6.07 Å². The summed E-state index contributed by atoms with van der Waals surface area (Å²) >= 11 is 0. The minimum absolute atomic E-state index is 0.0150. The first-order valence-electron chi connectivity index (χ1n) is 7.11. The predicted octanol–water partition coefficient (Wildman–Crippen LogP) is 3.31. The second kappa shape index (κ2) is 7.54. The van der Waals surface area contributed by atoms with Crippen LogP contribution in [0.3, 0.4) is 0 Å². The van der Waals surface area contributed by atoms with Gasteiger partial charge in [0.2, 0.25) is 0 Å². The van der Waals surface area contributed by atoms with Crippen LogP contribution in [-0.2, 0) is 4.79 Å². The van der Waals surface area contributed by atoms with Crippen LogP contribution in [0.2, 0.25) is 0 Å². The van der Waals surface area contributed by atoms with Crippen molar-refractivity contribution >= 4 is 17.6 Å². The van der Waals surface area contributed by atoms with Crippen LogP contribution >= 0.6 is 0 Å². The molecule has 0 radical (unpaired) electrons. The van der Waals surface area contributed by atoms with Crippen molar-refractivity contribution in [3.05, 3.63) is 59.2 Å². The van der Waals surface area contributed by atoms with E-state index >= 15 is 0 Å². The van der Waals surface area contributed by atoms with Crippen molar-refractivity contribution in [2.24, 2.45) is 0 Å². The number of nitrogens with one attached hydrogen (secondary N) is 2. The molecule has 2 aromatic rings. The largest absolute Gasteiger partial charge is 0.484 e. The van der Waals surface area contributed by atoms with E-state index in [9.17, 15) is 18.4 Å². The van der Waals surface area contributed by atoms with E-state index in [4.69, 9.17) is 4.74 Å². The SMILES string of the molecule is Cc1ccc(NC(=O)NC(=O)COc2ccc(F)c(F)c2)c(C)c1. The van der Waals surface area contributed by atoms with Gasteiger partial charge in [-0.2, -0.15) is 0 Å². The number of imide groups is 1. The molecule has 2 aromatic carbocycles. The van der Waals surface area contributed by atoms with Gasteiger partial charge in [0.15, 0.2) is 18.2 Å². The monoisotopic (exact) mass is 334 g/mol. The Bertz CT molecular complexity index is 778. The van der Waals surface area contributed by atoms with Crippen molar-refractivity contribution in [2.75, 3.05) is 11.9 Å². The van der Waals surface area contributed by atoms with Crippen molar-refractivity contribution in [1.29, 1.82) is 0 Å². The lowest BCUT2D eigenvalue weighted by molar-refractivity contribution is -0.121. The van der Waals surface area contributed by atoms with Crippen LogP contribution in [0, 0.1) is 25.5 Å². The summed E-state index contributed by atoms with van der Waals surface area (Å²) in [5.41, 5.74) is 2.48. The average molecular weight is 334 g/mol. The van der Waals surface area contributed by atoms with Crippen LogP contribution in [0.1, 0.15) is 11.1 Å². The molecule has 0 atom stereocenters. The fourth-order valence-corrected chi connectivity index (χ4v) is 1.99. The van der Waals surface area contributed by atoms with E-state index < -0.39 is 30.2 Å². The first kappa shape index (κ1) is 17.4. The molecule has 2 N–H and O–H groups in total. The highest BCUT2D eigenvalue weighted by molar-refractivity contribution is 6.01. The lowest BCUT2D eigenvalue weighted by Gasteiger charge is -2.10. The Morgan fingerprint density at radius 3 is 2.46 bits per heavy atom. The number of benzene rings is 2. The molecule has 0 saturated carbocycles. The van der Waals surface area contributed by atoms with Crippen molar-refractivity contribution in [1.82, 2.24) is 5.32 Å². The average Bonchev–Trinajstić information content (AvgIpc) is 2.51. The maximum absolute atomic E-state index is 13.0. The summed E-state index contributed by atoms with van der Waals surface area (Å²) < 4.78 is 30.8. The van der Waals surface area contributed by atoms with Gasteiger partial charge in [-0.1, -0.05) is 17.7 Å². The van der Waals surface area contributed by atoms with Gasteiger partial charge in [0, 0.05) is 11.8 Å². The molecule has 0 aliphatic heterocycles. The molecule has 7 heteroatoms. The number of ether oxygens (including phenoxy) is 1. The van der Waals surface area contributed by atoms with Crippen LogP contribution in [-0.4, -0.2) is 18.5 Å². The number of halogens is 2. The molecule has 0 saturated heterocycles. The molecular weight excluding hydrogens is 318 g/mol. The van der Waals surface area contributed by atoms with Crippen molar-refractivity contribution in [3.63, 3.8) is 0 Å². The van der Waals surface area contributed by atoms with Crippen molar-refractivity contribution in [3.8, 4) is 5.75 Å². The Kier molecular flexibility index (Phi) is 5.47. The molecule has 126 valence electrons. The molecule has 0 unspecified atom stereocenters. The highest BCUT2D eigenvalue weighted by atomic mass is 19.2. The third-order valence-corrected chi connectivity index (χ3v) is 3.14. The van der Waals surface area contributed by atoms with Crippen LogP contribution in [0.25, 0.3) is 0 Å². The Balaban J connectivity index is 1.85. The maximum Gasteiger partial charge on any atom is 0.325 e. The molecule has 3 amide bonds. The Morgan fingerprint density at radius 1 is 1.04 bits per heavy atom. The number of hydrogen-bond acceptors (Lipinski definition) is 3. The second-order valence-electron chi connectivity index (χ2n) is 5.19. The first-order chi connectivity index (χ1) is 11.3. The first-order valence-corrected chi connectivity index (χ1v) is 7.11. The van der Waals surface area contributed by atoms with E-state index in [2.05, 4.69) is 10.6 Å². The Hall–Kier alpha value is -2.96. The van der Waals surface area contributed by atoms with Gasteiger partial charge in [-0.05, 0) is 37.6 Å². The molecule has 2 rings (SSSR count). The zero-order chi connectivity index (χ0) is 17.7. The van der Waals surface area contributed by atoms with E-state index in [0.29, 0.717) is 5.69 Å². The lowest BCUT2D eigenvalue weighted by atomic mass is 10.1. The van der Waals surface area contributed by atoms with Gasteiger partial charge in [-0.3, -0.25) is 10.1 Å². The summed E-state index contributed by atoms with van der Waals surface area (Å²) in [7, 11) is 0. The van der Waals surface area contributed by atoms with E-state index in [1.807, 2.05) is 26.0 Å². The fourth-order valence-electron chi connectivity index (χ4n) is 1.99. The summed E-state index contributed by atoms with van der Waals surface area (Å²) in [6, 6.07) is 7.63. The van der Waals surface area contributed by atoms with Gasteiger partial charge in [0.25, 0.3) is 5.91 Å². The summed E-state index contributed by atoms with van der Waals surface area (Å²) in [6.45, 7) is 3.25. The molecule has 0 aliphatic carbocycles. The standard InChI is InChI=1S/C17H16F2N2O3/c1-10-3-6-15(11(2)7-10)20-17(23)21-16(22)9-24-12-4-5-13(18)14(19)8-12/h3-8H,9H2,1-2H3,(H2,20,21,22,23). The molecule has 0 bridgehead atoms. The smallest absolute Gasteiger partial charge is 0.325 e. The minimum Gasteiger partial charge on any atom is -0.484 e. The predicted molar refractivity (Wildman–Crippen MR) is 84.9 cm³/mol. The molecular formula is C17H16F2N2O3. The number of rotatable bonds is 4. The fraction of sp³-hybridized carbons (Fsp3) is 0.176. The van der Waals surface area contributed by atoms with E-state index in [1.165, 1.54) is 6.07 Å². The van der Waals surface area contributed by atoms with Crippen molar-refractivity contribution < 1.29 is 23.1 Å². The number of anilines is 1. The normalized spacial score (nSPS) is 10.2. The Morgan fingerprint density at radius 2 is 1.79 bits per heavy atom.